The van der Waals surface area contributed by atoms with Gasteiger partial charge >= 0.3 is 0 Å². The number of furan rings is 1. The van der Waals surface area contributed by atoms with Crippen molar-refractivity contribution in [3.05, 3.63) is 53.6 Å². The van der Waals surface area contributed by atoms with Crippen molar-refractivity contribution in [2.45, 2.75) is 13.5 Å². The maximum Gasteiger partial charge on any atom is 0.197 e. The second kappa shape index (κ2) is 6.41. The van der Waals surface area contributed by atoms with Crippen LogP contribution in [0.4, 0.5) is 5.82 Å². The van der Waals surface area contributed by atoms with Gasteiger partial charge in [-0.25, -0.2) is 9.97 Å². The Morgan fingerprint density at radius 2 is 2.08 bits per heavy atom. The van der Waals surface area contributed by atoms with Crippen molar-refractivity contribution >= 4 is 34.1 Å². The van der Waals surface area contributed by atoms with Crippen LogP contribution >= 0.6 is 0 Å². The molecular weight excluding hydrogens is 334 g/mol. The summed E-state index contributed by atoms with van der Waals surface area (Å²) in [5.74, 6) is 0.372. The van der Waals surface area contributed by atoms with Gasteiger partial charge in [-0.2, -0.15) is 5.10 Å². The van der Waals surface area contributed by atoms with E-state index in [0.29, 0.717) is 39.3 Å². The Morgan fingerprint density at radius 1 is 1.23 bits per heavy atom. The van der Waals surface area contributed by atoms with Gasteiger partial charge < -0.3 is 14.6 Å². The molecule has 3 N–H and O–H groups in total. The number of nitrogens with one attached hydrogen (secondary N) is 1. The van der Waals surface area contributed by atoms with Gasteiger partial charge in [0.1, 0.15) is 23.2 Å². The average Bonchev–Trinajstić information content (AvgIpc) is 3.05. The molecule has 3 heterocycles. The number of nitrogens with zero attached hydrogens (tertiary/aromatic N) is 4. The summed E-state index contributed by atoms with van der Waals surface area (Å²) in [5, 5.41) is 24.5. The third-order valence-electron chi connectivity index (χ3n) is 4.05. The molecule has 0 saturated carbocycles. The number of benzene rings is 1. The average molecular weight is 349 g/mol. The van der Waals surface area contributed by atoms with Gasteiger partial charge in [-0.3, -0.25) is 10.4 Å². The van der Waals surface area contributed by atoms with Gasteiger partial charge in [0, 0.05) is 22.7 Å². The van der Waals surface area contributed by atoms with E-state index < -0.39 is 0 Å². The Hall–Kier alpha value is -3.52. The van der Waals surface area contributed by atoms with Crippen LogP contribution < -0.4 is 5.43 Å². The first-order valence-corrected chi connectivity index (χ1v) is 7.88. The summed E-state index contributed by atoms with van der Waals surface area (Å²) in [5.41, 5.74) is 6.00. The number of aromatic hydroxyl groups is 1. The van der Waals surface area contributed by atoms with E-state index in [9.17, 15) is 10.2 Å². The van der Waals surface area contributed by atoms with Crippen LogP contribution in [0.5, 0.6) is 5.75 Å². The van der Waals surface area contributed by atoms with Crippen LogP contribution in [-0.2, 0) is 6.61 Å². The molecule has 130 valence electrons. The quantitative estimate of drug-likeness (QED) is 0.383. The van der Waals surface area contributed by atoms with E-state index in [1.807, 2.05) is 24.3 Å². The first kappa shape index (κ1) is 16.0. The van der Waals surface area contributed by atoms with Crippen LogP contribution in [0.3, 0.4) is 0 Å². The predicted molar refractivity (Wildman–Crippen MR) is 97.1 cm³/mol. The van der Waals surface area contributed by atoms with Gasteiger partial charge in [-0.15, -0.1) is 0 Å². The van der Waals surface area contributed by atoms with Crippen molar-refractivity contribution in [3.8, 4) is 5.75 Å². The Balaban J connectivity index is 1.71. The third-order valence-corrected chi connectivity index (χ3v) is 4.05. The van der Waals surface area contributed by atoms with Gasteiger partial charge in [0.15, 0.2) is 11.4 Å². The summed E-state index contributed by atoms with van der Waals surface area (Å²) in [7, 11) is 0. The SMILES string of the molecule is Cc1ncc(CO)c(/C=N/Nc2ncnc3c2oc2ccccc23)c1O. The van der Waals surface area contributed by atoms with E-state index in [1.54, 1.807) is 6.92 Å². The molecule has 4 rings (SSSR count). The van der Waals surface area contributed by atoms with Gasteiger partial charge in [0.25, 0.3) is 0 Å². The molecule has 0 amide bonds. The first-order valence-electron chi connectivity index (χ1n) is 7.88. The maximum atomic E-state index is 10.1. The van der Waals surface area contributed by atoms with Crippen LogP contribution in [0.1, 0.15) is 16.8 Å². The molecule has 0 aliphatic heterocycles. The fourth-order valence-corrected chi connectivity index (χ4v) is 2.68. The van der Waals surface area contributed by atoms with Crippen molar-refractivity contribution in [1.82, 2.24) is 15.0 Å². The molecule has 0 bridgehead atoms. The number of aryl methyl sites for hydroxylation is 1. The molecule has 0 unspecified atom stereocenters. The van der Waals surface area contributed by atoms with Crippen LogP contribution in [0, 0.1) is 6.92 Å². The number of hydrazone groups is 1. The van der Waals surface area contributed by atoms with Gasteiger partial charge in [0.2, 0.25) is 0 Å². The lowest BCUT2D eigenvalue weighted by atomic mass is 10.1. The second-order valence-corrected chi connectivity index (χ2v) is 5.66. The van der Waals surface area contributed by atoms with E-state index in [-0.39, 0.29) is 12.4 Å². The summed E-state index contributed by atoms with van der Waals surface area (Å²) >= 11 is 0. The number of para-hydroxylation sites is 1. The van der Waals surface area contributed by atoms with Crippen LogP contribution in [-0.4, -0.2) is 31.4 Å². The Labute approximate surface area is 147 Å². The molecule has 0 atom stereocenters. The minimum absolute atomic E-state index is 0.0290. The molecule has 0 saturated heterocycles. The van der Waals surface area contributed by atoms with Crippen LogP contribution in [0.25, 0.3) is 22.1 Å². The number of rotatable bonds is 4. The number of aromatic nitrogens is 3. The molecular formula is C18H15N5O3. The van der Waals surface area contributed by atoms with Crippen molar-refractivity contribution in [3.63, 3.8) is 0 Å². The molecule has 3 aromatic heterocycles. The molecule has 26 heavy (non-hydrogen) atoms. The predicted octanol–water partition coefficient (Wildman–Crippen LogP) is 2.72. The zero-order valence-electron chi connectivity index (χ0n) is 13.8. The monoisotopic (exact) mass is 349 g/mol. The normalized spacial score (nSPS) is 11.6. The Bertz CT molecular complexity index is 1140. The molecule has 0 radical (unpaired) electrons. The summed E-state index contributed by atoms with van der Waals surface area (Å²) < 4.78 is 5.81. The number of aliphatic hydroxyl groups excluding tert-OH is 1. The standard InChI is InChI=1S/C18H15N5O3/c1-10-16(25)13(11(8-24)6-19-10)7-22-23-18-17-15(20-9-21-18)12-4-2-3-5-14(12)26-17/h2-7,9,24-25H,8H2,1H3,(H,20,21,23)/b22-7+. The van der Waals surface area contributed by atoms with Crippen molar-refractivity contribution in [2.24, 2.45) is 5.10 Å². The van der Waals surface area contributed by atoms with Gasteiger partial charge in [-0.1, -0.05) is 12.1 Å². The van der Waals surface area contributed by atoms with Gasteiger partial charge in [-0.05, 0) is 19.1 Å². The number of aliphatic hydroxyl groups is 1. The fourth-order valence-electron chi connectivity index (χ4n) is 2.68. The van der Waals surface area contributed by atoms with Crippen molar-refractivity contribution in [2.75, 3.05) is 5.43 Å². The zero-order valence-corrected chi connectivity index (χ0v) is 13.8. The van der Waals surface area contributed by atoms with Crippen LogP contribution in [0.15, 0.2) is 46.3 Å². The highest BCUT2D eigenvalue weighted by Crippen LogP contribution is 2.30. The minimum Gasteiger partial charge on any atom is -0.505 e. The van der Waals surface area contributed by atoms with Crippen molar-refractivity contribution in [1.29, 1.82) is 0 Å². The lowest BCUT2D eigenvalue weighted by molar-refractivity contribution is 0.280. The highest BCUT2D eigenvalue weighted by molar-refractivity contribution is 6.05. The number of anilines is 1. The third kappa shape index (κ3) is 2.62. The molecule has 1 aromatic carbocycles. The van der Waals surface area contributed by atoms with E-state index in [0.717, 1.165) is 5.39 Å². The highest BCUT2D eigenvalue weighted by Gasteiger charge is 2.13. The fraction of sp³-hybridized carbons (Fsp3) is 0.111. The summed E-state index contributed by atoms with van der Waals surface area (Å²) in [6.45, 7) is 1.41. The number of fused-ring (bicyclic) bond motifs is 3. The molecule has 0 aliphatic carbocycles. The largest absolute Gasteiger partial charge is 0.505 e. The molecule has 0 fully saturated rings. The molecule has 0 aliphatic rings. The second-order valence-electron chi connectivity index (χ2n) is 5.66. The summed E-state index contributed by atoms with van der Waals surface area (Å²) in [4.78, 5) is 12.4. The first-order chi connectivity index (χ1) is 12.7. The van der Waals surface area contributed by atoms with E-state index >= 15 is 0 Å². The lowest BCUT2D eigenvalue weighted by Gasteiger charge is -2.07. The maximum absolute atomic E-state index is 10.1. The Morgan fingerprint density at radius 3 is 2.92 bits per heavy atom. The topological polar surface area (TPSA) is 117 Å². The number of hydrogen-bond donors (Lipinski definition) is 3. The van der Waals surface area contributed by atoms with Crippen molar-refractivity contribution < 1.29 is 14.6 Å². The smallest absolute Gasteiger partial charge is 0.197 e. The summed E-state index contributed by atoms with van der Waals surface area (Å²) in [6.07, 6.45) is 4.33. The molecule has 8 heteroatoms. The summed E-state index contributed by atoms with van der Waals surface area (Å²) in [6, 6.07) is 7.58. The molecule has 0 spiro atoms. The molecule has 4 aromatic rings. The Kier molecular flexibility index (Phi) is 3.94. The minimum atomic E-state index is -0.260. The number of hydrogen-bond acceptors (Lipinski definition) is 8. The van der Waals surface area contributed by atoms with Gasteiger partial charge in [0.05, 0.1) is 18.5 Å². The lowest BCUT2D eigenvalue weighted by Crippen LogP contribution is -2.00. The highest BCUT2D eigenvalue weighted by atomic mass is 16.3. The number of pyridine rings is 1. The van der Waals surface area contributed by atoms with Crippen LogP contribution in [0.2, 0.25) is 0 Å². The van der Waals surface area contributed by atoms with E-state index in [1.165, 1.54) is 18.7 Å². The van der Waals surface area contributed by atoms with E-state index in [4.69, 9.17) is 4.42 Å². The zero-order chi connectivity index (χ0) is 18.1. The van der Waals surface area contributed by atoms with E-state index in [2.05, 4.69) is 25.5 Å². The molecule has 8 nitrogen and oxygen atoms in total.